The van der Waals surface area contributed by atoms with Gasteiger partial charge in [-0.1, -0.05) is 24.3 Å². The highest BCUT2D eigenvalue weighted by Crippen LogP contribution is 2.29. The Kier molecular flexibility index (Phi) is 4.21. The number of fused-ring (bicyclic) bond motifs is 2. The second kappa shape index (κ2) is 6.66. The van der Waals surface area contributed by atoms with E-state index in [0.717, 1.165) is 10.0 Å². The predicted octanol–water partition coefficient (Wildman–Crippen LogP) is 2.68. The highest BCUT2D eigenvalue weighted by Gasteiger charge is 2.34. The van der Waals surface area contributed by atoms with Crippen molar-refractivity contribution in [2.45, 2.75) is 5.03 Å². The Labute approximate surface area is 152 Å². The molecule has 0 atom stereocenters. The van der Waals surface area contributed by atoms with Gasteiger partial charge in [-0.3, -0.25) is 9.69 Å². The van der Waals surface area contributed by atoms with E-state index in [1.54, 1.807) is 34.0 Å². The average Bonchev–Trinajstić information content (AvgIpc) is 3.13. The van der Waals surface area contributed by atoms with Crippen LogP contribution in [0.25, 0.3) is 0 Å². The molecule has 4 heterocycles. The van der Waals surface area contributed by atoms with Crippen LogP contribution in [0.4, 0.5) is 0 Å². The maximum absolute atomic E-state index is 12.2. The summed E-state index contributed by atoms with van der Waals surface area (Å²) in [7, 11) is 1.45. The summed E-state index contributed by atoms with van der Waals surface area (Å²) in [5.74, 6) is -0.0334. The molecule has 1 aromatic heterocycles. The van der Waals surface area contributed by atoms with Crippen LogP contribution in [0.1, 0.15) is 4.79 Å². The highest BCUT2D eigenvalue weighted by atomic mass is 32.2. The Morgan fingerprint density at radius 2 is 2.00 bits per heavy atom. The van der Waals surface area contributed by atoms with Crippen molar-refractivity contribution in [3.8, 4) is 0 Å². The van der Waals surface area contributed by atoms with E-state index in [1.807, 2.05) is 54.7 Å². The normalized spacial score (nSPS) is 20.3. The molecule has 3 aliphatic rings. The van der Waals surface area contributed by atoms with Crippen LogP contribution in [0.15, 0.2) is 89.1 Å². The minimum atomic E-state index is -0.0167. The summed E-state index contributed by atoms with van der Waals surface area (Å²) in [5, 5.41) is 0.918. The predicted molar refractivity (Wildman–Crippen MR) is 102 cm³/mol. The molecule has 0 aliphatic carbocycles. The molecule has 0 unspecified atom stereocenters. The van der Waals surface area contributed by atoms with E-state index < -0.39 is 0 Å². The molecule has 0 fully saturated rings. The number of rotatable bonds is 3. The number of nitrogens with zero attached hydrogens (tertiary/aromatic N) is 2. The topological polar surface area (TPSA) is 41.3 Å². The molecule has 3 aliphatic heterocycles. The lowest BCUT2D eigenvalue weighted by Crippen LogP contribution is -2.39. The van der Waals surface area contributed by atoms with E-state index in [9.17, 15) is 9.59 Å². The number of aromatic nitrogens is 1. The maximum Gasteiger partial charge on any atom is 0.432 e. The fraction of sp³-hybridized carbons (Fsp3) is 0. The molecule has 0 saturated heterocycles. The molecule has 122 valence electrons. The van der Waals surface area contributed by atoms with Gasteiger partial charge in [0.15, 0.2) is 6.20 Å². The van der Waals surface area contributed by atoms with Crippen molar-refractivity contribution >= 4 is 44.4 Å². The van der Waals surface area contributed by atoms with Gasteiger partial charge in [0, 0.05) is 18.3 Å². The largest absolute Gasteiger partial charge is 0.432 e. The molecule has 0 bridgehead atoms. The zero-order valence-electron chi connectivity index (χ0n) is 13.0. The lowest BCUT2D eigenvalue weighted by atomic mass is 10.3. The van der Waals surface area contributed by atoms with Crippen molar-refractivity contribution < 1.29 is 14.2 Å². The number of amides is 1. The average molecular weight is 365 g/mol. The zero-order chi connectivity index (χ0) is 17.2. The van der Waals surface area contributed by atoms with Gasteiger partial charge in [0.05, 0.1) is 4.86 Å². The SMILES string of the molecule is O=C1C(/C=C/C=C/C=C2\Sc3cccc[n+]3C2=O)=S=C2C=CC=CN12. The second-order valence-corrected chi connectivity index (χ2v) is 7.40. The van der Waals surface area contributed by atoms with Gasteiger partial charge in [0.2, 0.25) is 0 Å². The van der Waals surface area contributed by atoms with Crippen LogP contribution in [0.5, 0.6) is 0 Å². The molecule has 1 amide bonds. The van der Waals surface area contributed by atoms with Crippen molar-refractivity contribution in [1.82, 2.24) is 4.90 Å². The van der Waals surface area contributed by atoms with Crippen LogP contribution in [0.3, 0.4) is 0 Å². The standard InChI is InChI=1S/C19H13N2O2S2/c22-18-14(24-16-10-4-6-12-20(16)18)8-2-1-3-9-15-19(23)21-13-7-5-11-17(21)25-15/h1-13H/q+1/b2-1+,9-3+,14-8-. The summed E-state index contributed by atoms with van der Waals surface area (Å²) in [4.78, 5) is 28.3. The molecule has 0 radical (unpaired) electrons. The molecule has 25 heavy (non-hydrogen) atoms. The van der Waals surface area contributed by atoms with Crippen LogP contribution in [0.2, 0.25) is 0 Å². The molecule has 4 nitrogen and oxygen atoms in total. The minimum Gasteiger partial charge on any atom is -0.274 e. The summed E-state index contributed by atoms with van der Waals surface area (Å²) in [6.07, 6.45) is 18.2. The van der Waals surface area contributed by atoms with E-state index >= 15 is 0 Å². The van der Waals surface area contributed by atoms with Gasteiger partial charge < -0.3 is 0 Å². The quantitative estimate of drug-likeness (QED) is 0.358. The molecule has 1 aromatic rings. The summed E-state index contributed by atoms with van der Waals surface area (Å²) in [6.45, 7) is 0. The summed E-state index contributed by atoms with van der Waals surface area (Å²) >= 11 is 1.45. The number of allylic oxidation sites excluding steroid dienone is 7. The molecular formula is C19H13N2O2S2+. The Bertz CT molecular complexity index is 1010. The Balaban J connectivity index is 1.45. The molecule has 4 rings (SSSR count). The smallest absolute Gasteiger partial charge is 0.274 e. The molecule has 6 heteroatoms. The zero-order valence-corrected chi connectivity index (χ0v) is 14.7. The molecule has 0 saturated carbocycles. The number of hydrogen-bond donors (Lipinski definition) is 0. The van der Waals surface area contributed by atoms with E-state index in [4.69, 9.17) is 0 Å². The van der Waals surface area contributed by atoms with Gasteiger partial charge in [-0.05, 0) is 42.1 Å². The van der Waals surface area contributed by atoms with Gasteiger partial charge >= 0.3 is 5.91 Å². The van der Waals surface area contributed by atoms with Crippen molar-refractivity contribution in [1.29, 1.82) is 0 Å². The lowest BCUT2D eigenvalue weighted by Gasteiger charge is -2.14. The number of hydrogen-bond acceptors (Lipinski definition) is 3. The van der Waals surface area contributed by atoms with Crippen LogP contribution >= 0.6 is 22.7 Å². The maximum atomic E-state index is 12.2. The van der Waals surface area contributed by atoms with Crippen LogP contribution < -0.4 is 4.57 Å². The van der Waals surface area contributed by atoms with Crippen molar-refractivity contribution in [2.75, 3.05) is 0 Å². The second-order valence-electron chi connectivity index (χ2n) is 5.27. The highest BCUT2D eigenvalue weighted by molar-refractivity contribution is 8.04. The van der Waals surface area contributed by atoms with E-state index in [1.165, 1.54) is 22.7 Å². The third-order valence-corrected chi connectivity index (χ3v) is 5.80. The minimum absolute atomic E-state index is 0.0167. The third kappa shape index (κ3) is 3.01. The van der Waals surface area contributed by atoms with E-state index in [-0.39, 0.29) is 11.8 Å². The summed E-state index contributed by atoms with van der Waals surface area (Å²) in [6, 6.07) is 5.67. The first-order valence-corrected chi connectivity index (χ1v) is 9.26. The molecule has 0 aromatic carbocycles. The first kappa shape index (κ1) is 15.8. The van der Waals surface area contributed by atoms with Gasteiger partial charge in [0.25, 0.3) is 10.9 Å². The van der Waals surface area contributed by atoms with E-state index in [2.05, 4.69) is 0 Å². The van der Waals surface area contributed by atoms with Gasteiger partial charge in [-0.25, -0.2) is 4.79 Å². The van der Waals surface area contributed by atoms with Crippen LogP contribution in [-0.4, -0.2) is 26.6 Å². The first-order chi connectivity index (χ1) is 12.2. The number of carbonyl (C=O) groups excluding carboxylic acids is 2. The Morgan fingerprint density at radius 3 is 2.84 bits per heavy atom. The van der Waals surface area contributed by atoms with Crippen molar-refractivity contribution in [3.63, 3.8) is 0 Å². The molecule has 0 spiro atoms. The number of carbonyl (C=O) groups is 2. The number of pyridine rings is 1. The monoisotopic (exact) mass is 365 g/mol. The molecule has 0 N–H and O–H groups in total. The van der Waals surface area contributed by atoms with E-state index in [0.29, 0.717) is 9.77 Å². The molecular weight excluding hydrogens is 352 g/mol. The Hall–Kier alpha value is -2.70. The van der Waals surface area contributed by atoms with Crippen molar-refractivity contribution in [3.05, 3.63) is 84.1 Å². The van der Waals surface area contributed by atoms with Crippen LogP contribution in [0, 0.1) is 0 Å². The lowest BCUT2D eigenvalue weighted by molar-refractivity contribution is -0.607. The van der Waals surface area contributed by atoms with Gasteiger partial charge in [0.1, 0.15) is 9.89 Å². The van der Waals surface area contributed by atoms with Gasteiger partial charge in [-0.15, -0.1) is 15.5 Å². The number of thioether (sulfide) groups is 1. The summed E-state index contributed by atoms with van der Waals surface area (Å²) < 4.78 is 1.64. The Morgan fingerprint density at radius 1 is 1.08 bits per heavy atom. The fourth-order valence-electron chi connectivity index (χ4n) is 2.47. The van der Waals surface area contributed by atoms with Crippen LogP contribution in [-0.2, 0) is 4.79 Å². The van der Waals surface area contributed by atoms with Crippen molar-refractivity contribution in [2.24, 2.45) is 0 Å². The first-order valence-electron chi connectivity index (χ1n) is 7.62. The fourth-order valence-corrected chi connectivity index (χ4v) is 4.36. The summed E-state index contributed by atoms with van der Waals surface area (Å²) in [5.41, 5.74) is 0. The van der Waals surface area contributed by atoms with Gasteiger partial charge in [-0.2, -0.15) is 0 Å². The third-order valence-electron chi connectivity index (χ3n) is 3.65.